The number of pyridine rings is 2. The van der Waals surface area contributed by atoms with E-state index in [1.807, 2.05) is 30.3 Å². The lowest BCUT2D eigenvalue weighted by atomic mass is 10.1. The molecule has 0 saturated heterocycles. The van der Waals surface area contributed by atoms with Crippen molar-refractivity contribution in [1.29, 1.82) is 0 Å². The topological polar surface area (TPSA) is 64.4 Å². The molecule has 0 atom stereocenters. The Hall–Kier alpha value is -3.51. The van der Waals surface area contributed by atoms with Gasteiger partial charge in [-0.25, -0.2) is 4.39 Å². The van der Waals surface area contributed by atoms with Crippen LogP contribution in [-0.2, 0) is 13.0 Å². The summed E-state index contributed by atoms with van der Waals surface area (Å²) in [5, 5.41) is 9.96. The van der Waals surface area contributed by atoms with Crippen molar-refractivity contribution in [2.75, 3.05) is 6.61 Å². The Morgan fingerprint density at radius 3 is 2.59 bits per heavy atom. The number of hydrogen-bond acceptors (Lipinski definition) is 4. The Labute approximate surface area is 166 Å². The van der Waals surface area contributed by atoms with Gasteiger partial charge in [-0.15, -0.1) is 0 Å². The molecular weight excluding hydrogens is 371 g/mol. The first kappa shape index (κ1) is 18.8. The average Bonchev–Trinajstić information content (AvgIpc) is 2.73. The van der Waals surface area contributed by atoms with Gasteiger partial charge in [-0.2, -0.15) is 0 Å². The van der Waals surface area contributed by atoms with Crippen LogP contribution in [0, 0.1) is 5.82 Å². The molecule has 5 nitrogen and oxygen atoms in total. The van der Waals surface area contributed by atoms with Gasteiger partial charge < -0.3 is 9.84 Å². The first-order valence-electron chi connectivity index (χ1n) is 9.23. The van der Waals surface area contributed by atoms with Gasteiger partial charge in [-0.3, -0.25) is 14.3 Å². The zero-order chi connectivity index (χ0) is 20.2. The predicted octanol–water partition coefficient (Wildman–Crippen LogP) is 3.64. The summed E-state index contributed by atoms with van der Waals surface area (Å²) in [6, 6.07) is 18.6. The fraction of sp³-hybridized carbons (Fsp3) is 0.130. The molecule has 4 aromatic rings. The lowest BCUT2D eigenvalue weighted by Crippen LogP contribution is -2.16. The van der Waals surface area contributed by atoms with Gasteiger partial charge in [0.05, 0.1) is 5.52 Å². The lowest BCUT2D eigenvalue weighted by molar-refractivity contribution is 0.298. The van der Waals surface area contributed by atoms with Crippen LogP contribution in [0.4, 0.5) is 4.39 Å². The maximum atomic E-state index is 13.0. The van der Waals surface area contributed by atoms with Crippen molar-refractivity contribution in [3.05, 3.63) is 100 Å². The smallest absolute Gasteiger partial charge is 0.258 e. The van der Waals surface area contributed by atoms with Gasteiger partial charge in [-0.05, 0) is 48.0 Å². The van der Waals surface area contributed by atoms with Gasteiger partial charge in [0.15, 0.2) is 0 Å². The van der Waals surface area contributed by atoms with Crippen LogP contribution in [-0.4, -0.2) is 21.3 Å². The average molecular weight is 390 g/mol. The molecule has 0 aliphatic rings. The number of aliphatic hydroxyl groups excluding tert-OH is 1. The molecule has 6 heteroatoms. The van der Waals surface area contributed by atoms with E-state index >= 15 is 0 Å². The second-order valence-electron chi connectivity index (χ2n) is 6.64. The van der Waals surface area contributed by atoms with E-state index in [2.05, 4.69) is 4.98 Å². The third kappa shape index (κ3) is 4.33. The van der Waals surface area contributed by atoms with Gasteiger partial charge in [0.1, 0.15) is 18.2 Å². The lowest BCUT2D eigenvalue weighted by Gasteiger charge is -2.10. The fourth-order valence-corrected chi connectivity index (χ4v) is 3.07. The largest absolute Gasteiger partial charge is 0.489 e. The number of hydrogen-bond donors (Lipinski definition) is 1. The first-order valence-corrected chi connectivity index (χ1v) is 9.23. The number of rotatable bonds is 6. The highest BCUT2D eigenvalue weighted by atomic mass is 19.1. The van der Waals surface area contributed by atoms with Crippen molar-refractivity contribution in [2.45, 2.75) is 13.0 Å². The van der Waals surface area contributed by atoms with E-state index in [4.69, 9.17) is 9.84 Å². The highest BCUT2D eigenvalue weighted by Gasteiger charge is 2.05. The quantitative estimate of drug-likeness (QED) is 0.546. The highest BCUT2D eigenvalue weighted by molar-refractivity contribution is 5.81. The van der Waals surface area contributed by atoms with Crippen LogP contribution in [0.1, 0.15) is 11.3 Å². The van der Waals surface area contributed by atoms with Crippen LogP contribution in [0.5, 0.6) is 5.75 Å². The van der Waals surface area contributed by atoms with Crippen molar-refractivity contribution >= 4 is 10.9 Å². The third-order valence-corrected chi connectivity index (χ3v) is 4.59. The van der Waals surface area contributed by atoms with E-state index in [1.54, 1.807) is 24.4 Å². The number of halogens is 1. The second kappa shape index (κ2) is 8.24. The van der Waals surface area contributed by atoms with Crippen LogP contribution in [0.25, 0.3) is 16.6 Å². The number of fused-ring (bicyclic) bond motifs is 1. The summed E-state index contributed by atoms with van der Waals surface area (Å²) in [5.74, 6) is 0.151. The summed E-state index contributed by atoms with van der Waals surface area (Å²) in [7, 11) is 0. The van der Waals surface area contributed by atoms with Gasteiger partial charge in [0.25, 0.3) is 5.56 Å². The zero-order valence-electron chi connectivity index (χ0n) is 15.6. The van der Waals surface area contributed by atoms with Crippen LogP contribution in [0.15, 0.2) is 77.7 Å². The van der Waals surface area contributed by atoms with E-state index in [0.717, 1.165) is 27.8 Å². The minimum atomic E-state index is -0.299. The summed E-state index contributed by atoms with van der Waals surface area (Å²) in [6.45, 7) is 0.309. The van der Waals surface area contributed by atoms with E-state index in [-0.39, 0.29) is 24.6 Å². The standard InChI is InChI=1S/C23H19FN2O3/c24-18-4-1-16(2-5-18)15-29-21-9-11-26(23(28)14-21)20-7-8-22-17(13-20)3-6-19(25-22)10-12-27/h1-9,11,13-14,27H,10,12,15H2. The molecule has 1 N–H and O–H groups in total. The molecule has 0 saturated carbocycles. The molecule has 0 aliphatic carbocycles. The zero-order valence-corrected chi connectivity index (χ0v) is 15.6. The summed E-state index contributed by atoms with van der Waals surface area (Å²) < 4.78 is 20.1. The van der Waals surface area contributed by atoms with Crippen LogP contribution < -0.4 is 10.3 Å². The number of nitrogens with zero attached hydrogens (tertiary/aromatic N) is 2. The third-order valence-electron chi connectivity index (χ3n) is 4.59. The number of benzene rings is 2. The molecule has 2 heterocycles. The number of ether oxygens (including phenoxy) is 1. The van der Waals surface area contributed by atoms with Crippen molar-refractivity contribution in [2.24, 2.45) is 0 Å². The predicted molar refractivity (Wildman–Crippen MR) is 109 cm³/mol. The first-order chi connectivity index (χ1) is 14.1. The molecule has 2 aromatic heterocycles. The van der Waals surface area contributed by atoms with E-state index in [1.165, 1.54) is 22.8 Å². The Morgan fingerprint density at radius 2 is 1.83 bits per heavy atom. The SMILES string of the molecule is O=c1cc(OCc2ccc(F)cc2)ccn1-c1ccc2nc(CCO)ccc2c1. The van der Waals surface area contributed by atoms with Crippen molar-refractivity contribution < 1.29 is 14.2 Å². The minimum Gasteiger partial charge on any atom is -0.489 e. The minimum absolute atomic E-state index is 0.0571. The Kier molecular flexibility index (Phi) is 5.35. The molecule has 0 aliphatic heterocycles. The van der Waals surface area contributed by atoms with Gasteiger partial charge in [0.2, 0.25) is 0 Å². The molecular formula is C23H19FN2O3. The molecule has 0 fully saturated rings. The normalized spacial score (nSPS) is 11.0. The maximum Gasteiger partial charge on any atom is 0.258 e. The van der Waals surface area contributed by atoms with Crippen LogP contribution >= 0.6 is 0 Å². The van der Waals surface area contributed by atoms with Gasteiger partial charge in [0, 0.05) is 42.1 Å². The van der Waals surface area contributed by atoms with Crippen molar-refractivity contribution in [3.63, 3.8) is 0 Å². The maximum absolute atomic E-state index is 13.0. The molecule has 0 unspecified atom stereocenters. The summed E-state index contributed by atoms with van der Waals surface area (Å²) in [6.07, 6.45) is 2.17. The molecule has 146 valence electrons. The van der Waals surface area contributed by atoms with Crippen molar-refractivity contribution in [3.8, 4) is 11.4 Å². The number of aromatic nitrogens is 2. The van der Waals surface area contributed by atoms with Crippen LogP contribution in [0.3, 0.4) is 0 Å². The van der Waals surface area contributed by atoms with Crippen molar-refractivity contribution in [1.82, 2.24) is 9.55 Å². The van der Waals surface area contributed by atoms with E-state index in [9.17, 15) is 9.18 Å². The molecule has 0 amide bonds. The highest BCUT2D eigenvalue weighted by Crippen LogP contribution is 2.18. The van der Waals surface area contributed by atoms with E-state index < -0.39 is 0 Å². The molecule has 2 aromatic carbocycles. The molecule has 29 heavy (non-hydrogen) atoms. The number of aliphatic hydroxyl groups is 1. The second-order valence-corrected chi connectivity index (χ2v) is 6.64. The Balaban J connectivity index is 1.54. The Bertz CT molecular complexity index is 1200. The van der Waals surface area contributed by atoms with E-state index in [0.29, 0.717) is 12.2 Å². The van der Waals surface area contributed by atoms with Gasteiger partial charge in [-0.1, -0.05) is 18.2 Å². The summed E-state index contributed by atoms with van der Waals surface area (Å²) >= 11 is 0. The van der Waals surface area contributed by atoms with Gasteiger partial charge >= 0.3 is 0 Å². The Morgan fingerprint density at radius 1 is 1.00 bits per heavy atom. The monoisotopic (exact) mass is 390 g/mol. The molecule has 0 spiro atoms. The molecule has 0 radical (unpaired) electrons. The summed E-state index contributed by atoms with van der Waals surface area (Å²) in [4.78, 5) is 17.1. The summed E-state index contributed by atoms with van der Waals surface area (Å²) in [5.41, 5.74) is 2.97. The van der Waals surface area contributed by atoms with Crippen LogP contribution in [0.2, 0.25) is 0 Å². The molecule has 0 bridgehead atoms. The fourth-order valence-electron chi connectivity index (χ4n) is 3.07. The molecule has 4 rings (SSSR count).